The van der Waals surface area contributed by atoms with Gasteiger partial charge in [0, 0.05) is 23.3 Å². The van der Waals surface area contributed by atoms with Crippen LogP contribution in [-0.4, -0.2) is 26.3 Å². The summed E-state index contributed by atoms with van der Waals surface area (Å²) in [6.07, 6.45) is 0. The summed E-state index contributed by atoms with van der Waals surface area (Å²) < 4.78 is 29.8. The highest BCUT2D eigenvalue weighted by Crippen LogP contribution is 2.46. The summed E-state index contributed by atoms with van der Waals surface area (Å²) in [5.74, 6) is 1.16. The molecule has 0 amide bonds. The van der Waals surface area contributed by atoms with Crippen molar-refractivity contribution >= 4 is 5.82 Å². The van der Waals surface area contributed by atoms with E-state index < -0.39 is 0 Å². The predicted molar refractivity (Wildman–Crippen MR) is 109 cm³/mol. The maximum absolute atomic E-state index is 13.4. The van der Waals surface area contributed by atoms with E-state index in [-0.39, 0.29) is 17.2 Å². The number of benzene rings is 2. The fourth-order valence-corrected chi connectivity index (χ4v) is 3.26. The Kier molecular flexibility index (Phi) is 5.55. The minimum Gasteiger partial charge on any atom is -0.496 e. The number of methoxy groups -OCH3 is 3. The average Bonchev–Trinajstić information content (AvgIpc) is 2.74. The third kappa shape index (κ3) is 3.52. The van der Waals surface area contributed by atoms with Gasteiger partial charge in [0.1, 0.15) is 40.5 Å². The largest absolute Gasteiger partial charge is 0.496 e. The smallest absolute Gasteiger partial charge is 0.142 e. The van der Waals surface area contributed by atoms with E-state index in [2.05, 4.69) is 11.1 Å². The normalized spacial score (nSPS) is 10.3. The van der Waals surface area contributed by atoms with Crippen LogP contribution in [-0.2, 0) is 0 Å². The number of pyridine rings is 1. The minimum absolute atomic E-state index is 0.0624. The van der Waals surface area contributed by atoms with Crippen molar-refractivity contribution in [1.29, 1.82) is 5.26 Å². The van der Waals surface area contributed by atoms with Crippen LogP contribution in [0, 0.1) is 24.1 Å². The van der Waals surface area contributed by atoms with Gasteiger partial charge in [-0.3, -0.25) is 0 Å². The van der Waals surface area contributed by atoms with E-state index in [0.29, 0.717) is 45.2 Å². The molecule has 0 saturated heterocycles. The van der Waals surface area contributed by atoms with Crippen molar-refractivity contribution in [3.63, 3.8) is 0 Å². The molecule has 0 spiro atoms. The first-order valence-corrected chi connectivity index (χ1v) is 8.71. The van der Waals surface area contributed by atoms with Gasteiger partial charge in [-0.05, 0) is 36.8 Å². The topological polar surface area (TPSA) is 90.4 Å². The molecular formula is C22H20FN3O3. The number of nitriles is 1. The summed E-state index contributed by atoms with van der Waals surface area (Å²) in [6, 6.07) is 11.5. The summed E-state index contributed by atoms with van der Waals surface area (Å²) >= 11 is 0. The van der Waals surface area contributed by atoms with Crippen molar-refractivity contribution < 1.29 is 18.6 Å². The molecule has 0 fully saturated rings. The third-order valence-corrected chi connectivity index (χ3v) is 4.66. The molecule has 0 aliphatic rings. The van der Waals surface area contributed by atoms with Crippen LogP contribution < -0.4 is 19.9 Å². The van der Waals surface area contributed by atoms with Gasteiger partial charge in [0.05, 0.1) is 32.6 Å². The Morgan fingerprint density at radius 3 is 2.03 bits per heavy atom. The van der Waals surface area contributed by atoms with Crippen molar-refractivity contribution in [3.05, 3.63) is 53.3 Å². The number of anilines is 1. The Hall–Kier alpha value is -3.79. The molecule has 148 valence electrons. The molecule has 6 nitrogen and oxygen atoms in total. The maximum Gasteiger partial charge on any atom is 0.142 e. The molecule has 0 aliphatic heterocycles. The van der Waals surface area contributed by atoms with E-state index in [9.17, 15) is 9.65 Å². The molecule has 3 aromatic rings. The zero-order valence-electron chi connectivity index (χ0n) is 16.5. The summed E-state index contributed by atoms with van der Waals surface area (Å²) in [4.78, 5) is 4.40. The standard InChI is InChI=1S/C22H20FN3O3/c1-12-19(20-17(28-3)9-15(27-2)10-18(20)29-4)16(11-24)22(25)26-21(12)13-5-7-14(23)8-6-13/h5-10H,1-4H3,(H2,25,26). The van der Waals surface area contributed by atoms with Gasteiger partial charge < -0.3 is 19.9 Å². The van der Waals surface area contributed by atoms with Gasteiger partial charge in [-0.1, -0.05) is 0 Å². The molecule has 0 bridgehead atoms. The quantitative estimate of drug-likeness (QED) is 0.693. The molecule has 2 aromatic carbocycles. The number of nitrogen functional groups attached to an aromatic ring is 1. The second-order valence-electron chi connectivity index (χ2n) is 6.25. The molecular weight excluding hydrogens is 373 g/mol. The number of nitrogens with two attached hydrogens (primary N) is 1. The van der Waals surface area contributed by atoms with Crippen molar-refractivity contribution in [2.24, 2.45) is 0 Å². The lowest BCUT2D eigenvalue weighted by atomic mass is 9.91. The molecule has 7 heteroatoms. The lowest BCUT2D eigenvalue weighted by molar-refractivity contribution is 0.377. The van der Waals surface area contributed by atoms with Gasteiger partial charge in [0.25, 0.3) is 0 Å². The van der Waals surface area contributed by atoms with Gasteiger partial charge in [0.2, 0.25) is 0 Å². The molecule has 2 N–H and O–H groups in total. The third-order valence-electron chi connectivity index (χ3n) is 4.66. The number of halogens is 1. The molecule has 0 unspecified atom stereocenters. The lowest BCUT2D eigenvalue weighted by Gasteiger charge is -2.20. The monoisotopic (exact) mass is 393 g/mol. The fourth-order valence-electron chi connectivity index (χ4n) is 3.26. The highest BCUT2D eigenvalue weighted by molar-refractivity contribution is 5.90. The van der Waals surface area contributed by atoms with Crippen LogP contribution in [0.15, 0.2) is 36.4 Å². The number of nitrogens with zero attached hydrogens (tertiary/aromatic N) is 2. The lowest BCUT2D eigenvalue weighted by Crippen LogP contribution is -2.05. The van der Waals surface area contributed by atoms with Gasteiger partial charge in [-0.2, -0.15) is 5.26 Å². The Morgan fingerprint density at radius 2 is 1.55 bits per heavy atom. The van der Waals surface area contributed by atoms with Crippen molar-refractivity contribution in [1.82, 2.24) is 4.98 Å². The summed E-state index contributed by atoms with van der Waals surface area (Å²) in [7, 11) is 4.58. The first kappa shape index (κ1) is 20.0. The highest BCUT2D eigenvalue weighted by Gasteiger charge is 2.25. The number of rotatable bonds is 5. The Labute approximate surface area is 168 Å². The summed E-state index contributed by atoms with van der Waals surface area (Å²) in [5.41, 5.74) is 9.33. The van der Waals surface area contributed by atoms with Crippen molar-refractivity contribution in [2.45, 2.75) is 6.92 Å². The number of hydrogen-bond donors (Lipinski definition) is 1. The molecule has 1 heterocycles. The summed E-state index contributed by atoms with van der Waals surface area (Å²) in [5, 5.41) is 9.78. The number of hydrogen-bond acceptors (Lipinski definition) is 6. The summed E-state index contributed by atoms with van der Waals surface area (Å²) in [6.45, 7) is 1.82. The van der Waals surface area contributed by atoms with Crippen LogP contribution in [0.4, 0.5) is 10.2 Å². The van der Waals surface area contributed by atoms with E-state index >= 15 is 0 Å². The first-order valence-electron chi connectivity index (χ1n) is 8.71. The van der Waals surface area contributed by atoms with Gasteiger partial charge in [-0.15, -0.1) is 0 Å². The average molecular weight is 393 g/mol. The first-order chi connectivity index (χ1) is 13.9. The van der Waals surface area contributed by atoms with E-state index in [1.54, 1.807) is 24.3 Å². The van der Waals surface area contributed by atoms with Crippen molar-refractivity contribution in [3.8, 4) is 45.7 Å². The molecule has 3 rings (SSSR count). The van der Waals surface area contributed by atoms with E-state index in [0.717, 1.165) is 0 Å². The second-order valence-corrected chi connectivity index (χ2v) is 6.25. The molecule has 0 saturated carbocycles. The number of aromatic nitrogens is 1. The Balaban J connectivity index is 2.41. The van der Waals surface area contributed by atoms with Gasteiger partial charge in [-0.25, -0.2) is 9.37 Å². The molecule has 1 aromatic heterocycles. The maximum atomic E-state index is 13.4. The predicted octanol–water partition coefficient (Wildman–Crippen LogP) is 4.34. The van der Waals surface area contributed by atoms with Crippen LogP contribution in [0.2, 0.25) is 0 Å². The van der Waals surface area contributed by atoms with Crippen LogP contribution in [0.5, 0.6) is 17.2 Å². The zero-order chi connectivity index (χ0) is 21.1. The second kappa shape index (κ2) is 8.07. The Bertz CT molecular complexity index is 1080. The molecule has 29 heavy (non-hydrogen) atoms. The zero-order valence-corrected chi connectivity index (χ0v) is 16.5. The van der Waals surface area contributed by atoms with E-state index in [1.807, 2.05) is 6.92 Å². The molecule has 0 atom stereocenters. The van der Waals surface area contributed by atoms with Crippen LogP contribution >= 0.6 is 0 Å². The minimum atomic E-state index is -0.355. The van der Waals surface area contributed by atoms with Crippen LogP contribution in [0.3, 0.4) is 0 Å². The van der Waals surface area contributed by atoms with Gasteiger partial charge in [0.15, 0.2) is 0 Å². The number of ether oxygens (including phenoxy) is 3. The van der Waals surface area contributed by atoms with E-state index in [4.69, 9.17) is 19.9 Å². The Morgan fingerprint density at radius 1 is 0.966 bits per heavy atom. The highest BCUT2D eigenvalue weighted by atomic mass is 19.1. The fraction of sp³-hybridized carbons (Fsp3) is 0.182. The van der Waals surface area contributed by atoms with Crippen LogP contribution in [0.25, 0.3) is 22.4 Å². The molecule has 0 aliphatic carbocycles. The van der Waals surface area contributed by atoms with E-state index in [1.165, 1.54) is 33.5 Å². The van der Waals surface area contributed by atoms with Gasteiger partial charge >= 0.3 is 0 Å². The SMILES string of the molecule is COc1cc(OC)c(-c2c(C)c(-c3ccc(F)cc3)nc(N)c2C#N)c(OC)c1. The molecule has 0 radical (unpaired) electrons. The van der Waals surface area contributed by atoms with Crippen molar-refractivity contribution in [2.75, 3.05) is 27.1 Å². The van der Waals surface area contributed by atoms with Crippen LogP contribution in [0.1, 0.15) is 11.1 Å².